The van der Waals surface area contributed by atoms with Crippen molar-refractivity contribution in [3.05, 3.63) is 54.1 Å². The molecular weight excluding hydrogens is 406 g/mol. The average molecular weight is 427 g/mol. The van der Waals surface area contributed by atoms with Crippen molar-refractivity contribution in [2.45, 2.75) is 11.7 Å². The van der Waals surface area contributed by atoms with Crippen molar-refractivity contribution >= 4 is 46.1 Å². The highest BCUT2D eigenvalue weighted by atomic mass is 32.2. The molecule has 9 heteroatoms. The third-order valence-electron chi connectivity index (χ3n) is 4.43. The molecule has 0 unspecified atom stereocenters. The van der Waals surface area contributed by atoms with Gasteiger partial charge in [-0.15, -0.1) is 0 Å². The quantitative estimate of drug-likeness (QED) is 0.737. The summed E-state index contributed by atoms with van der Waals surface area (Å²) in [4.78, 5) is 42.5. The predicted octanol–water partition coefficient (Wildman–Crippen LogP) is 3.07. The van der Waals surface area contributed by atoms with E-state index in [0.717, 1.165) is 0 Å². The normalized spacial score (nSPS) is 17.6. The lowest BCUT2D eigenvalue weighted by molar-refractivity contribution is -0.128. The number of hydrogen-bond acceptors (Lipinski definition) is 7. The van der Waals surface area contributed by atoms with Crippen LogP contribution in [0, 0.1) is 0 Å². The summed E-state index contributed by atoms with van der Waals surface area (Å²) in [6.45, 7) is 0. The largest absolute Gasteiger partial charge is 0.497 e. The van der Waals surface area contributed by atoms with E-state index < -0.39 is 11.2 Å². The number of hydrogen-bond donors (Lipinski definition) is 1. The zero-order valence-electron chi connectivity index (χ0n) is 16.7. The molecular formula is C21H21N3O5S. The molecule has 2 amide bonds. The Hall–Kier alpha value is -3.33. The van der Waals surface area contributed by atoms with Crippen LogP contribution in [0.5, 0.6) is 5.75 Å². The number of amides is 2. The van der Waals surface area contributed by atoms with Gasteiger partial charge < -0.3 is 14.8 Å². The number of esters is 1. The minimum absolute atomic E-state index is 0.0729. The smallest absolute Gasteiger partial charge is 0.337 e. The van der Waals surface area contributed by atoms with Gasteiger partial charge in [-0.2, -0.15) is 0 Å². The molecule has 0 radical (unpaired) electrons. The number of ether oxygens (including phenoxy) is 2. The molecule has 1 atom stereocenters. The number of rotatable bonds is 5. The molecule has 0 spiro atoms. The number of nitrogens with zero attached hydrogens (tertiary/aromatic N) is 2. The maximum atomic E-state index is 12.7. The first-order valence-corrected chi connectivity index (χ1v) is 9.94. The highest BCUT2D eigenvalue weighted by Crippen LogP contribution is 2.29. The van der Waals surface area contributed by atoms with E-state index in [9.17, 15) is 14.4 Å². The second kappa shape index (κ2) is 9.45. The molecule has 8 nitrogen and oxygen atoms in total. The van der Waals surface area contributed by atoms with E-state index in [4.69, 9.17) is 4.74 Å². The van der Waals surface area contributed by atoms with E-state index in [1.54, 1.807) is 62.7 Å². The van der Waals surface area contributed by atoms with Crippen molar-refractivity contribution in [1.29, 1.82) is 0 Å². The van der Waals surface area contributed by atoms with Crippen LogP contribution in [-0.2, 0) is 14.3 Å². The fraction of sp³-hybridized carbons (Fsp3) is 0.238. The summed E-state index contributed by atoms with van der Waals surface area (Å²) in [5, 5.41) is 2.62. The van der Waals surface area contributed by atoms with Gasteiger partial charge in [0, 0.05) is 19.2 Å². The van der Waals surface area contributed by atoms with E-state index in [1.165, 1.54) is 23.8 Å². The fourth-order valence-corrected chi connectivity index (χ4v) is 3.76. The fourth-order valence-electron chi connectivity index (χ4n) is 2.70. The van der Waals surface area contributed by atoms with Crippen LogP contribution in [0.15, 0.2) is 53.5 Å². The van der Waals surface area contributed by atoms with Gasteiger partial charge in [0.25, 0.3) is 0 Å². The van der Waals surface area contributed by atoms with Crippen LogP contribution in [0.4, 0.5) is 11.4 Å². The van der Waals surface area contributed by atoms with E-state index >= 15 is 0 Å². The molecule has 156 valence electrons. The lowest BCUT2D eigenvalue weighted by atomic mass is 10.2. The second-order valence-electron chi connectivity index (χ2n) is 6.41. The van der Waals surface area contributed by atoms with Gasteiger partial charge in [0.15, 0.2) is 5.17 Å². The zero-order chi connectivity index (χ0) is 21.7. The maximum absolute atomic E-state index is 12.7. The van der Waals surface area contributed by atoms with Gasteiger partial charge >= 0.3 is 5.97 Å². The summed E-state index contributed by atoms with van der Waals surface area (Å²) in [6.07, 6.45) is 0.0729. The number of carbonyl (C=O) groups excluding carboxylic acids is 3. The van der Waals surface area contributed by atoms with Gasteiger partial charge in [-0.25, -0.2) is 9.79 Å². The number of aliphatic imine (C=N–C) groups is 1. The van der Waals surface area contributed by atoms with Crippen LogP contribution < -0.4 is 10.1 Å². The molecule has 1 fully saturated rings. The van der Waals surface area contributed by atoms with Crippen molar-refractivity contribution < 1.29 is 23.9 Å². The maximum Gasteiger partial charge on any atom is 0.337 e. The minimum atomic E-state index is -0.608. The average Bonchev–Trinajstić information content (AvgIpc) is 2.77. The molecule has 1 saturated heterocycles. The number of carbonyl (C=O) groups is 3. The summed E-state index contributed by atoms with van der Waals surface area (Å²) in [6, 6.07) is 13.4. The van der Waals surface area contributed by atoms with Crippen molar-refractivity contribution in [3.63, 3.8) is 0 Å². The molecule has 0 aromatic heterocycles. The number of thioether (sulfide) groups is 1. The van der Waals surface area contributed by atoms with Crippen molar-refractivity contribution in [3.8, 4) is 5.75 Å². The minimum Gasteiger partial charge on any atom is -0.497 e. The Bertz CT molecular complexity index is 973. The van der Waals surface area contributed by atoms with Crippen LogP contribution in [0.25, 0.3) is 0 Å². The molecule has 0 aliphatic carbocycles. The number of amidine groups is 1. The number of benzene rings is 2. The van der Waals surface area contributed by atoms with Crippen LogP contribution in [0.1, 0.15) is 16.8 Å². The number of nitrogens with one attached hydrogen (secondary N) is 1. The summed E-state index contributed by atoms with van der Waals surface area (Å²) in [5.74, 6) is -0.234. The van der Waals surface area contributed by atoms with E-state index in [0.29, 0.717) is 27.9 Å². The number of methoxy groups -OCH3 is 2. The topological polar surface area (TPSA) is 97.3 Å². The summed E-state index contributed by atoms with van der Waals surface area (Å²) >= 11 is 1.21. The second-order valence-corrected chi connectivity index (χ2v) is 7.58. The molecule has 1 heterocycles. The van der Waals surface area contributed by atoms with Gasteiger partial charge in [-0.1, -0.05) is 11.8 Å². The molecule has 1 aliphatic rings. The van der Waals surface area contributed by atoms with Crippen LogP contribution in [-0.4, -0.2) is 54.4 Å². The Labute approximate surface area is 178 Å². The molecule has 2 aromatic rings. The predicted molar refractivity (Wildman–Crippen MR) is 115 cm³/mol. The third-order valence-corrected chi connectivity index (χ3v) is 5.67. The van der Waals surface area contributed by atoms with Crippen molar-refractivity contribution in [1.82, 2.24) is 4.90 Å². The molecule has 2 aromatic carbocycles. The Balaban J connectivity index is 1.74. The lowest BCUT2D eigenvalue weighted by Crippen LogP contribution is -2.43. The van der Waals surface area contributed by atoms with Crippen LogP contribution in [0.2, 0.25) is 0 Å². The monoisotopic (exact) mass is 427 g/mol. The van der Waals surface area contributed by atoms with Crippen molar-refractivity contribution in [2.75, 3.05) is 26.6 Å². The molecule has 0 saturated carbocycles. The highest BCUT2D eigenvalue weighted by Gasteiger charge is 2.34. The first kappa shape index (κ1) is 21.4. The van der Waals surface area contributed by atoms with Gasteiger partial charge in [0.05, 0.1) is 25.5 Å². The van der Waals surface area contributed by atoms with Gasteiger partial charge in [0.2, 0.25) is 11.8 Å². The van der Waals surface area contributed by atoms with E-state index in [1.807, 2.05) is 0 Å². The highest BCUT2D eigenvalue weighted by molar-refractivity contribution is 8.15. The van der Waals surface area contributed by atoms with E-state index in [2.05, 4.69) is 15.0 Å². The standard InChI is InChI=1S/C21H21N3O5S/c1-24-18(25)12-17(19(26)22-14-8-10-16(28-2)11-9-14)30-21(24)23-15-6-4-13(5-7-15)20(27)29-3/h4-11,17H,12H2,1-3H3,(H,22,26)/t17-/m1/s1. The van der Waals surface area contributed by atoms with E-state index in [-0.39, 0.29) is 18.2 Å². The Morgan fingerprint density at radius 1 is 1.10 bits per heavy atom. The van der Waals surface area contributed by atoms with Crippen molar-refractivity contribution in [2.24, 2.45) is 4.99 Å². The third kappa shape index (κ3) is 4.98. The van der Waals surface area contributed by atoms with Gasteiger partial charge in [-0.3, -0.25) is 14.5 Å². The molecule has 0 bridgehead atoms. The molecule has 30 heavy (non-hydrogen) atoms. The van der Waals surface area contributed by atoms with Gasteiger partial charge in [-0.05, 0) is 48.5 Å². The SMILES string of the molecule is COC(=O)c1ccc(N=C2S[C@@H](C(=O)Nc3ccc(OC)cc3)CC(=O)N2C)cc1. The first-order valence-electron chi connectivity index (χ1n) is 9.06. The molecule has 3 rings (SSSR count). The number of anilines is 1. The Morgan fingerprint density at radius 3 is 2.37 bits per heavy atom. The van der Waals surface area contributed by atoms with Crippen LogP contribution >= 0.6 is 11.8 Å². The van der Waals surface area contributed by atoms with Gasteiger partial charge in [0.1, 0.15) is 11.0 Å². The van der Waals surface area contributed by atoms with Crippen LogP contribution in [0.3, 0.4) is 0 Å². The summed E-state index contributed by atoms with van der Waals surface area (Å²) < 4.78 is 9.78. The summed E-state index contributed by atoms with van der Waals surface area (Å²) in [7, 11) is 4.50. The summed E-state index contributed by atoms with van der Waals surface area (Å²) in [5.41, 5.74) is 1.57. The zero-order valence-corrected chi connectivity index (χ0v) is 17.6. The lowest BCUT2D eigenvalue weighted by Gasteiger charge is -2.28. The first-order chi connectivity index (χ1) is 14.4. The Morgan fingerprint density at radius 2 is 1.77 bits per heavy atom. The Kier molecular flexibility index (Phi) is 6.73. The molecule has 1 N–H and O–H groups in total. The molecule has 1 aliphatic heterocycles.